The molecule has 0 amide bonds. The molecule has 0 aliphatic heterocycles. The van der Waals surface area contributed by atoms with E-state index in [1.165, 1.54) is 41.8 Å². The van der Waals surface area contributed by atoms with Crippen molar-refractivity contribution in [3.63, 3.8) is 0 Å². The van der Waals surface area contributed by atoms with Gasteiger partial charge in [-0.3, -0.25) is 0 Å². The molecule has 4 rings (SSSR count). The van der Waals surface area contributed by atoms with Crippen LogP contribution in [0.15, 0.2) is 72.8 Å². The molecule has 0 saturated heterocycles. The number of rotatable bonds is 1. The van der Waals surface area contributed by atoms with Crippen molar-refractivity contribution in [1.29, 1.82) is 0 Å². The van der Waals surface area contributed by atoms with Gasteiger partial charge in [0.25, 0.3) is 0 Å². The fourth-order valence-corrected chi connectivity index (χ4v) is 3.95. The molecule has 0 radical (unpaired) electrons. The third kappa shape index (κ3) is 2.12. The Bertz CT molecular complexity index is 916. The van der Waals surface area contributed by atoms with Gasteiger partial charge in [-0.15, -0.1) is 0 Å². The van der Waals surface area contributed by atoms with Gasteiger partial charge in [-0.2, -0.15) is 0 Å². The van der Waals surface area contributed by atoms with Gasteiger partial charge < -0.3 is 0 Å². The lowest BCUT2D eigenvalue weighted by Gasteiger charge is -2.15. The Hall–Kier alpha value is -1.87. The molecule has 0 bridgehead atoms. The van der Waals surface area contributed by atoms with E-state index in [-0.39, 0.29) is 0 Å². The summed E-state index contributed by atoms with van der Waals surface area (Å²) < 4.78 is 1.30. The number of fused-ring (bicyclic) bond motifs is 2. The third-order valence-corrected chi connectivity index (χ3v) is 5.16. The maximum absolute atomic E-state index is 2.46. The zero-order valence-corrected chi connectivity index (χ0v) is 14.5. The summed E-state index contributed by atoms with van der Waals surface area (Å²) in [5.74, 6) is 0. The first-order valence-electron chi connectivity index (χ1n) is 7.42. The summed E-state index contributed by atoms with van der Waals surface area (Å²) in [7, 11) is 0. The van der Waals surface area contributed by atoms with Gasteiger partial charge in [0.05, 0.1) is 0 Å². The molecule has 0 aliphatic carbocycles. The molecule has 0 unspecified atom stereocenters. The Morgan fingerprint density at radius 3 is 1.82 bits per heavy atom. The molecule has 106 valence electrons. The van der Waals surface area contributed by atoms with Crippen LogP contribution in [0.4, 0.5) is 0 Å². The van der Waals surface area contributed by atoms with Crippen molar-refractivity contribution in [3.05, 3.63) is 81.9 Å². The zero-order chi connectivity index (χ0) is 15.1. The quantitative estimate of drug-likeness (QED) is 0.320. The van der Waals surface area contributed by atoms with Crippen molar-refractivity contribution in [1.82, 2.24) is 0 Å². The topological polar surface area (TPSA) is 0 Å². The summed E-state index contributed by atoms with van der Waals surface area (Å²) in [6.07, 6.45) is 0. The predicted molar refractivity (Wildman–Crippen MR) is 104 cm³/mol. The second-order valence-corrected chi connectivity index (χ2v) is 6.78. The average Bonchev–Trinajstić information content (AvgIpc) is 2.56. The van der Waals surface area contributed by atoms with Gasteiger partial charge in [-0.05, 0) is 68.3 Å². The molecule has 0 N–H and O–H groups in total. The maximum Gasteiger partial charge on any atom is 0.0215 e. The minimum atomic E-state index is 1.30. The Balaban J connectivity index is 2.21. The van der Waals surface area contributed by atoms with Crippen LogP contribution in [-0.2, 0) is 0 Å². The van der Waals surface area contributed by atoms with Gasteiger partial charge in [0.15, 0.2) is 0 Å². The standard InChI is InChI=1S/C21H15I/c1-14-10-11-15-6-2-4-8-17(15)20(14)21-18-9-5-3-7-16(18)12-13-19(21)22/h2-13H,1H3. The van der Waals surface area contributed by atoms with Crippen LogP contribution < -0.4 is 0 Å². The first-order valence-corrected chi connectivity index (χ1v) is 8.49. The van der Waals surface area contributed by atoms with Gasteiger partial charge in [0.2, 0.25) is 0 Å². The van der Waals surface area contributed by atoms with E-state index in [9.17, 15) is 0 Å². The number of benzene rings is 4. The SMILES string of the molecule is Cc1ccc2ccccc2c1-c1c(I)ccc2ccccc12. The van der Waals surface area contributed by atoms with Gasteiger partial charge in [-0.1, -0.05) is 66.7 Å². The van der Waals surface area contributed by atoms with Crippen LogP contribution >= 0.6 is 22.6 Å². The van der Waals surface area contributed by atoms with Gasteiger partial charge in [0, 0.05) is 9.13 Å². The fraction of sp³-hybridized carbons (Fsp3) is 0.0476. The van der Waals surface area contributed by atoms with Crippen molar-refractivity contribution in [3.8, 4) is 11.1 Å². The van der Waals surface area contributed by atoms with Crippen LogP contribution in [0.25, 0.3) is 32.7 Å². The largest absolute Gasteiger partial charge is 0.0616 e. The van der Waals surface area contributed by atoms with E-state index in [4.69, 9.17) is 0 Å². The van der Waals surface area contributed by atoms with Crippen molar-refractivity contribution < 1.29 is 0 Å². The molecule has 0 atom stereocenters. The summed E-state index contributed by atoms with van der Waals surface area (Å²) in [5, 5.41) is 5.25. The Kier molecular flexibility index (Phi) is 3.38. The van der Waals surface area contributed by atoms with Gasteiger partial charge >= 0.3 is 0 Å². The Morgan fingerprint density at radius 1 is 0.591 bits per heavy atom. The summed E-state index contributed by atoms with van der Waals surface area (Å²) >= 11 is 2.46. The average molecular weight is 394 g/mol. The van der Waals surface area contributed by atoms with Crippen LogP contribution in [0.3, 0.4) is 0 Å². The highest BCUT2D eigenvalue weighted by Gasteiger charge is 2.13. The summed E-state index contributed by atoms with van der Waals surface area (Å²) in [6, 6.07) is 26.2. The van der Waals surface area contributed by atoms with Gasteiger partial charge in [-0.25, -0.2) is 0 Å². The summed E-state index contributed by atoms with van der Waals surface area (Å²) in [6.45, 7) is 2.21. The van der Waals surface area contributed by atoms with E-state index in [1.54, 1.807) is 0 Å². The maximum atomic E-state index is 2.46. The molecule has 0 spiro atoms. The molecule has 0 aromatic heterocycles. The molecule has 4 aromatic rings. The minimum Gasteiger partial charge on any atom is -0.0616 e. The lowest BCUT2D eigenvalue weighted by Crippen LogP contribution is -1.91. The van der Waals surface area contributed by atoms with Crippen LogP contribution in [0.1, 0.15) is 5.56 Å². The molecule has 4 aromatic carbocycles. The first-order chi connectivity index (χ1) is 10.8. The van der Waals surface area contributed by atoms with Gasteiger partial charge in [0.1, 0.15) is 0 Å². The van der Waals surface area contributed by atoms with Crippen molar-refractivity contribution in [2.75, 3.05) is 0 Å². The number of hydrogen-bond acceptors (Lipinski definition) is 0. The fourth-order valence-electron chi connectivity index (χ4n) is 3.21. The highest BCUT2D eigenvalue weighted by Crippen LogP contribution is 2.39. The van der Waals surface area contributed by atoms with E-state index in [0.29, 0.717) is 0 Å². The lowest BCUT2D eigenvalue weighted by atomic mass is 9.91. The monoisotopic (exact) mass is 394 g/mol. The smallest absolute Gasteiger partial charge is 0.0215 e. The van der Waals surface area contributed by atoms with Crippen molar-refractivity contribution in [2.24, 2.45) is 0 Å². The summed E-state index contributed by atoms with van der Waals surface area (Å²) in [4.78, 5) is 0. The second-order valence-electron chi connectivity index (χ2n) is 5.62. The Morgan fingerprint density at radius 2 is 1.14 bits per heavy atom. The highest BCUT2D eigenvalue weighted by molar-refractivity contribution is 14.1. The molecule has 0 aliphatic rings. The zero-order valence-electron chi connectivity index (χ0n) is 12.3. The molecule has 0 saturated carbocycles. The minimum absolute atomic E-state index is 1.30. The van der Waals surface area contributed by atoms with Crippen LogP contribution in [0.5, 0.6) is 0 Å². The highest BCUT2D eigenvalue weighted by atomic mass is 127. The van der Waals surface area contributed by atoms with Crippen molar-refractivity contribution >= 4 is 44.1 Å². The van der Waals surface area contributed by atoms with E-state index in [0.717, 1.165) is 0 Å². The van der Waals surface area contributed by atoms with Crippen LogP contribution in [-0.4, -0.2) is 0 Å². The number of hydrogen-bond donors (Lipinski definition) is 0. The number of aryl methyl sites for hydroxylation is 1. The molecule has 0 fully saturated rings. The van der Waals surface area contributed by atoms with Crippen LogP contribution in [0.2, 0.25) is 0 Å². The van der Waals surface area contributed by atoms with E-state index in [2.05, 4.69) is 102 Å². The molecule has 22 heavy (non-hydrogen) atoms. The first kappa shape index (κ1) is 13.8. The van der Waals surface area contributed by atoms with Crippen LogP contribution in [0, 0.1) is 10.5 Å². The van der Waals surface area contributed by atoms with E-state index in [1.807, 2.05) is 0 Å². The molecule has 0 heterocycles. The molecule has 0 nitrogen and oxygen atoms in total. The second kappa shape index (κ2) is 5.40. The number of halogens is 1. The third-order valence-electron chi connectivity index (χ3n) is 4.27. The van der Waals surface area contributed by atoms with Crippen molar-refractivity contribution in [2.45, 2.75) is 6.92 Å². The molecule has 1 heteroatoms. The predicted octanol–water partition coefficient (Wildman–Crippen LogP) is 6.57. The summed E-state index contributed by atoms with van der Waals surface area (Å²) in [5.41, 5.74) is 4.04. The normalized spacial score (nSPS) is 11.2. The molecular formula is C21H15I. The lowest BCUT2D eigenvalue weighted by molar-refractivity contribution is 1.49. The molecular weight excluding hydrogens is 379 g/mol. The van der Waals surface area contributed by atoms with E-state index < -0.39 is 0 Å². The van der Waals surface area contributed by atoms with E-state index >= 15 is 0 Å². The Labute approximate surface area is 143 Å².